The largest absolute Gasteiger partial charge is 0.454 e. The Bertz CT molecular complexity index is 1470. The van der Waals surface area contributed by atoms with E-state index in [-0.39, 0.29) is 31.2 Å². The number of hydrogen-bond donors (Lipinski definition) is 0. The number of halogens is 1. The van der Waals surface area contributed by atoms with E-state index in [1.807, 2.05) is 48.1 Å². The van der Waals surface area contributed by atoms with Gasteiger partial charge in [-0.05, 0) is 42.0 Å². The summed E-state index contributed by atoms with van der Waals surface area (Å²) in [6.45, 7) is 3.88. The molecule has 1 unspecified atom stereocenters. The van der Waals surface area contributed by atoms with E-state index in [0.717, 1.165) is 30.1 Å². The number of morpholine rings is 1. The van der Waals surface area contributed by atoms with Crippen LogP contribution in [-0.2, 0) is 16.6 Å². The number of fused-ring (bicyclic) bond motifs is 1. The summed E-state index contributed by atoms with van der Waals surface area (Å²) in [7, 11) is 1.95. The third-order valence-electron chi connectivity index (χ3n) is 7.69. The average molecular weight is 578 g/mol. The normalized spacial score (nSPS) is 18.4. The van der Waals surface area contributed by atoms with Crippen molar-refractivity contribution < 1.29 is 23.8 Å². The first kappa shape index (κ1) is 27.3. The second-order valence-corrected chi connectivity index (χ2v) is 10.7. The van der Waals surface area contributed by atoms with Gasteiger partial charge in [-0.2, -0.15) is 5.10 Å². The molecule has 1 atom stereocenters. The predicted molar refractivity (Wildman–Crippen MR) is 153 cm³/mol. The first-order valence-corrected chi connectivity index (χ1v) is 14.1. The highest BCUT2D eigenvalue weighted by atomic mass is 35.5. The Balaban J connectivity index is 1.28. The van der Waals surface area contributed by atoms with Gasteiger partial charge in [0, 0.05) is 45.8 Å². The quantitative estimate of drug-likeness (QED) is 0.407. The molecule has 2 amide bonds. The maximum Gasteiger partial charge on any atom is 0.262 e. The Morgan fingerprint density at radius 1 is 1.05 bits per heavy atom. The van der Waals surface area contributed by atoms with Crippen LogP contribution in [0.15, 0.2) is 65.9 Å². The van der Waals surface area contributed by atoms with Crippen LogP contribution in [0.4, 0.5) is 0 Å². The molecule has 3 aromatic rings. The minimum absolute atomic E-state index is 0.140. The molecule has 3 aliphatic rings. The number of hydrazone groups is 1. The third kappa shape index (κ3) is 5.81. The SMILES string of the molecule is Cn1cccc1C1=NN(C(=O)CN(CCN2CCOCC2)C(=O)c2ccccc2Cl)C(c2ccc3c(c2)OCO3)C1. The molecular formula is C30H32ClN5O5. The minimum atomic E-state index is -0.363. The highest BCUT2D eigenvalue weighted by Crippen LogP contribution is 2.39. The lowest BCUT2D eigenvalue weighted by Crippen LogP contribution is -2.46. The van der Waals surface area contributed by atoms with Crippen LogP contribution in [0.2, 0.25) is 5.02 Å². The second-order valence-electron chi connectivity index (χ2n) is 10.3. The first-order valence-electron chi connectivity index (χ1n) is 13.7. The molecule has 11 heteroatoms. The van der Waals surface area contributed by atoms with E-state index in [0.29, 0.717) is 54.8 Å². The number of amides is 2. The third-order valence-corrected chi connectivity index (χ3v) is 8.02. The van der Waals surface area contributed by atoms with Gasteiger partial charge in [-0.15, -0.1) is 0 Å². The van der Waals surface area contributed by atoms with Crippen molar-refractivity contribution in [3.05, 3.63) is 82.6 Å². The predicted octanol–water partition coefficient (Wildman–Crippen LogP) is 3.56. The van der Waals surface area contributed by atoms with Crippen molar-refractivity contribution in [2.45, 2.75) is 12.5 Å². The molecule has 0 spiro atoms. The summed E-state index contributed by atoms with van der Waals surface area (Å²) in [6.07, 6.45) is 2.48. The summed E-state index contributed by atoms with van der Waals surface area (Å²) in [5.41, 5.74) is 2.98. The maximum atomic E-state index is 14.0. The molecule has 10 nitrogen and oxygen atoms in total. The summed E-state index contributed by atoms with van der Waals surface area (Å²) < 4.78 is 18.6. The lowest BCUT2D eigenvalue weighted by Gasteiger charge is -2.31. The fourth-order valence-corrected chi connectivity index (χ4v) is 5.63. The van der Waals surface area contributed by atoms with Gasteiger partial charge >= 0.3 is 0 Å². The summed E-state index contributed by atoms with van der Waals surface area (Å²) >= 11 is 6.40. The van der Waals surface area contributed by atoms with Gasteiger partial charge < -0.3 is 23.7 Å². The van der Waals surface area contributed by atoms with Crippen molar-refractivity contribution in [1.29, 1.82) is 0 Å². The second kappa shape index (κ2) is 11.9. The van der Waals surface area contributed by atoms with Crippen LogP contribution in [0.1, 0.15) is 34.1 Å². The zero-order valence-corrected chi connectivity index (χ0v) is 23.6. The number of carbonyl (C=O) groups excluding carboxylic acids is 2. The van der Waals surface area contributed by atoms with Gasteiger partial charge in [0.2, 0.25) is 6.79 Å². The molecular weight excluding hydrogens is 546 g/mol. The molecule has 1 aromatic heterocycles. The van der Waals surface area contributed by atoms with Crippen molar-refractivity contribution >= 4 is 29.1 Å². The average Bonchev–Trinajstić information content (AvgIpc) is 3.74. The van der Waals surface area contributed by atoms with Crippen LogP contribution in [-0.4, -0.2) is 89.6 Å². The number of rotatable bonds is 8. The van der Waals surface area contributed by atoms with Gasteiger partial charge in [-0.1, -0.05) is 29.8 Å². The van der Waals surface area contributed by atoms with E-state index < -0.39 is 0 Å². The molecule has 3 aliphatic heterocycles. The van der Waals surface area contributed by atoms with Crippen LogP contribution in [0.3, 0.4) is 0 Å². The fourth-order valence-electron chi connectivity index (χ4n) is 5.42. The highest BCUT2D eigenvalue weighted by molar-refractivity contribution is 6.33. The molecule has 0 aliphatic carbocycles. The zero-order valence-electron chi connectivity index (χ0n) is 22.9. The van der Waals surface area contributed by atoms with Crippen LogP contribution in [0, 0.1) is 0 Å². The highest BCUT2D eigenvalue weighted by Gasteiger charge is 2.36. The minimum Gasteiger partial charge on any atom is -0.454 e. The maximum absolute atomic E-state index is 14.0. The van der Waals surface area contributed by atoms with Crippen molar-refractivity contribution in [1.82, 2.24) is 19.4 Å². The lowest BCUT2D eigenvalue weighted by atomic mass is 10.00. The molecule has 2 aromatic carbocycles. The van der Waals surface area contributed by atoms with Crippen LogP contribution in [0.5, 0.6) is 11.5 Å². The van der Waals surface area contributed by atoms with Gasteiger partial charge in [0.05, 0.1) is 41.2 Å². The number of nitrogens with zero attached hydrogens (tertiary/aromatic N) is 5. The number of ether oxygens (including phenoxy) is 3. The summed E-state index contributed by atoms with van der Waals surface area (Å²) in [5.74, 6) is 0.748. The van der Waals surface area contributed by atoms with Gasteiger partial charge in [0.15, 0.2) is 11.5 Å². The van der Waals surface area contributed by atoms with E-state index >= 15 is 0 Å². The van der Waals surface area contributed by atoms with E-state index in [1.165, 1.54) is 5.01 Å². The van der Waals surface area contributed by atoms with Gasteiger partial charge in [0.25, 0.3) is 11.8 Å². The van der Waals surface area contributed by atoms with E-state index in [1.54, 1.807) is 29.2 Å². The molecule has 0 bridgehead atoms. The first-order chi connectivity index (χ1) is 20.0. The molecule has 1 saturated heterocycles. The fraction of sp³-hybridized carbons (Fsp3) is 0.367. The van der Waals surface area contributed by atoms with Crippen LogP contribution in [0.25, 0.3) is 0 Å². The van der Waals surface area contributed by atoms with E-state index in [9.17, 15) is 9.59 Å². The molecule has 214 valence electrons. The Morgan fingerprint density at radius 2 is 1.85 bits per heavy atom. The monoisotopic (exact) mass is 577 g/mol. The van der Waals surface area contributed by atoms with Crippen LogP contribution >= 0.6 is 11.6 Å². The van der Waals surface area contributed by atoms with Crippen molar-refractivity contribution in [3.63, 3.8) is 0 Å². The number of aromatic nitrogens is 1. The van der Waals surface area contributed by atoms with E-state index in [2.05, 4.69) is 4.90 Å². The smallest absolute Gasteiger partial charge is 0.262 e. The lowest BCUT2D eigenvalue weighted by molar-refractivity contribution is -0.133. The standard InChI is InChI=1S/C30H32ClN5O5/c1-33-10-4-7-25(33)24-18-26(21-8-9-27-28(17-21)41-20-40-27)36(32-24)29(37)19-35(12-11-34-13-15-39-16-14-34)30(38)22-5-2-3-6-23(22)31/h2-10,17,26H,11-16,18-20H2,1H3. The summed E-state index contributed by atoms with van der Waals surface area (Å²) in [5, 5.41) is 6.68. The molecule has 1 fully saturated rings. The Hall–Kier alpha value is -3.86. The molecule has 4 heterocycles. The summed E-state index contributed by atoms with van der Waals surface area (Å²) in [6, 6.07) is 16.2. The Kier molecular flexibility index (Phi) is 7.95. The van der Waals surface area contributed by atoms with Crippen molar-refractivity contribution in [3.8, 4) is 11.5 Å². The molecule has 0 N–H and O–H groups in total. The Morgan fingerprint density at radius 3 is 2.63 bits per heavy atom. The number of benzene rings is 2. The number of aryl methyl sites for hydroxylation is 1. The summed E-state index contributed by atoms with van der Waals surface area (Å²) in [4.78, 5) is 31.6. The molecule has 41 heavy (non-hydrogen) atoms. The number of hydrogen-bond acceptors (Lipinski definition) is 7. The molecule has 0 radical (unpaired) electrons. The molecule has 0 saturated carbocycles. The Labute approximate surface area is 243 Å². The van der Waals surface area contributed by atoms with Crippen molar-refractivity contribution in [2.75, 3.05) is 52.7 Å². The molecule has 6 rings (SSSR count). The van der Waals surface area contributed by atoms with Gasteiger partial charge in [-0.25, -0.2) is 5.01 Å². The van der Waals surface area contributed by atoms with Crippen LogP contribution < -0.4 is 9.47 Å². The van der Waals surface area contributed by atoms with Gasteiger partial charge in [-0.3, -0.25) is 14.5 Å². The van der Waals surface area contributed by atoms with Crippen molar-refractivity contribution in [2.24, 2.45) is 12.1 Å². The zero-order chi connectivity index (χ0) is 28.3. The number of carbonyl (C=O) groups is 2. The van der Waals surface area contributed by atoms with E-state index in [4.69, 9.17) is 30.9 Å². The van der Waals surface area contributed by atoms with Gasteiger partial charge in [0.1, 0.15) is 6.54 Å². The topological polar surface area (TPSA) is 88.8 Å².